The van der Waals surface area contributed by atoms with E-state index in [1.165, 1.54) is 12.1 Å². The number of ether oxygens (including phenoxy) is 2. The van der Waals surface area contributed by atoms with Crippen molar-refractivity contribution in [3.63, 3.8) is 0 Å². The first kappa shape index (κ1) is 25.2. The predicted octanol–water partition coefficient (Wildman–Crippen LogP) is 6.49. The highest BCUT2D eigenvalue weighted by molar-refractivity contribution is 6.42. The number of halogens is 4. The summed E-state index contributed by atoms with van der Waals surface area (Å²) in [6.45, 7) is 5.99. The zero-order valence-electron chi connectivity index (χ0n) is 19.4. The third kappa shape index (κ3) is 6.03. The molecule has 0 aliphatic carbocycles. The number of benzene rings is 2. The summed E-state index contributed by atoms with van der Waals surface area (Å²) in [5.74, 6) is -1.25. The second-order valence-corrected chi connectivity index (χ2v) is 10.1. The third-order valence-electron chi connectivity index (χ3n) is 5.46. The monoisotopic (exact) mass is 520 g/mol. The maximum atomic E-state index is 13.9. The summed E-state index contributed by atoms with van der Waals surface area (Å²) in [6.07, 6.45) is 1.85. The van der Waals surface area contributed by atoms with E-state index in [9.17, 15) is 13.6 Å². The van der Waals surface area contributed by atoms with Crippen LogP contribution < -0.4 is 9.47 Å². The lowest BCUT2D eigenvalue weighted by atomic mass is 9.93. The molecule has 2 heterocycles. The minimum atomic E-state index is -0.956. The van der Waals surface area contributed by atoms with Gasteiger partial charge in [-0.25, -0.2) is 13.8 Å². The molecule has 5 nitrogen and oxygen atoms in total. The van der Waals surface area contributed by atoms with Crippen LogP contribution in [0.2, 0.25) is 10.0 Å². The van der Waals surface area contributed by atoms with E-state index >= 15 is 0 Å². The molecule has 0 fully saturated rings. The van der Waals surface area contributed by atoms with Gasteiger partial charge in [-0.3, -0.25) is 4.79 Å². The van der Waals surface area contributed by atoms with Crippen LogP contribution in [-0.4, -0.2) is 34.0 Å². The lowest BCUT2D eigenvalue weighted by Gasteiger charge is -2.37. The van der Waals surface area contributed by atoms with Gasteiger partial charge in [0, 0.05) is 18.2 Å². The Bertz CT molecular complexity index is 1250. The topological polar surface area (TPSA) is 51.7 Å². The standard InChI is InChI=1S/C26H24Cl2F2N2O3/c1-26(2,3)35-19-5-7-24(31-12-19)34-14-18-8-16-10-22(29)23(30)11-17(16)13-32(18)25(33)15-4-6-20(27)21(28)9-15/h4-7,9-12,18H,8,13-14H2,1-3H3/t18-/m0/s1. The first-order chi connectivity index (χ1) is 16.5. The molecule has 1 aromatic heterocycles. The fraction of sp³-hybridized carbons (Fsp3) is 0.308. The molecule has 0 N–H and O–H groups in total. The molecule has 2 aromatic carbocycles. The average Bonchev–Trinajstić information content (AvgIpc) is 2.79. The third-order valence-corrected chi connectivity index (χ3v) is 6.20. The van der Waals surface area contributed by atoms with E-state index in [0.717, 1.165) is 6.07 Å². The first-order valence-corrected chi connectivity index (χ1v) is 11.8. The van der Waals surface area contributed by atoms with Crippen LogP contribution in [0.4, 0.5) is 8.78 Å². The SMILES string of the molecule is CC(C)(C)Oc1ccc(OC[C@@H]2Cc3cc(F)c(F)cc3CN2C(=O)c2ccc(Cl)c(Cl)c2)nc1. The van der Waals surface area contributed by atoms with Crippen molar-refractivity contribution in [2.75, 3.05) is 6.61 Å². The normalized spacial score (nSPS) is 15.5. The molecule has 1 aliphatic heterocycles. The number of rotatable bonds is 5. The molecule has 0 radical (unpaired) electrons. The smallest absolute Gasteiger partial charge is 0.254 e. The van der Waals surface area contributed by atoms with Gasteiger partial charge in [0.15, 0.2) is 11.6 Å². The lowest BCUT2D eigenvalue weighted by molar-refractivity contribution is 0.0561. The van der Waals surface area contributed by atoms with Gasteiger partial charge in [-0.15, -0.1) is 0 Å². The minimum Gasteiger partial charge on any atom is -0.487 e. The fourth-order valence-corrected chi connectivity index (χ4v) is 4.17. The summed E-state index contributed by atoms with van der Waals surface area (Å²) in [5, 5.41) is 0.576. The van der Waals surface area contributed by atoms with E-state index in [-0.39, 0.29) is 36.1 Å². The molecule has 4 rings (SSSR count). The van der Waals surface area contributed by atoms with Crippen molar-refractivity contribution in [1.29, 1.82) is 0 Å². The van der Waals surface area contributed by atoms with Gasteiger partial charge in [-0.2, -0.15) is 0 Å². The van der Waals surface area contributed by atoms with Crippen LogP contribution in [-0.2, 0) is 13.0 Å². The molecule has 0 spiro atoms. The molecule has 0 bridgehead atoms. The summed E-state index contributed by atoms with van der Waals surface area (Å²) < 4.78 is 39.5. The van der Waals surface area contributed by atoms with Crippen molar-refractivity contribution in [3.05, 3.63) is 87.0 Å². The van der Waals surface area contributed by atoms with Gasteiger partial charge in [0.25, 0.3) is 5.91 Å². The van der Waals surface area contributed by atoms with Gasteiger partial charge in [0.05, 0.1) is 22.3 Å². The van der Waals surface area contributed by atoms with Gasteiger partial charge >= 0.3 is 0 Å². The zero-order chi connectivity index (χ0) is 25.3. The number of carbonyl (C=O) groups is 1. The van der Waals surface area contributed by atoms with E-state index in [2.05, 4.69) is 4.98 Å². The largest absolute Gasteiger partial charge is 0.487 e. The number of aromatic nitrogens is 1. The highest BCUT2D eigenvalue weighted by Gasteiger charge is 2.32. The van der Waals surface area contributed by atoms with Crippen LogP contribution in [0.25, 0.3) is 0 Å². The average molecular weight is 521 g/mol. The Kier molecular flexibility index (Phi) is 7.20. The zero-order valence-corrected chi connectivity index (χ0v) is 21.0. The van der Waals surface area contributed by atoms with Crippen LogP contribution >= 0.6 is 23.2 Å². The second kappa shape index (κ2) is 9.99. The Labute approximate surface area is 212 Å². The molecule has 0 saturated heterocycles. The molecular formula is C26H24Cl2F2N2O3. The Morgan fingerprint density at radius 1 is 1.06 bits per heavy atom. The number of hydrogen-bond donors (Lipinski definition) is 0. The van der Waals surface area contributed by atoms with Crippen LogP contribution in [0, 0.1) is 11.6 Å². The fourth-order valence-electron chi connectivity index (χ4n) is 3.87. The van der Waals surface area contributed by atoms with Crippen molar-refractivity contribution in [2.45, 2.75) is 45.4 Å². The number of fused-ring (bicyclic) bond motifs is 1. The van der Waals surface area contributed by atoms with E-state index in [1.54, 1.807) is 35.4 Å². The van der Waals surface area contributed by atoms with E-state index in [1.807, 2.05) is 20.8 Å². The minimum absolute atomic E-state index is 0.0887. The molecule has 0 unspecified atom stereocenters. The maximum Gasteiger partial charge on any atom is 0.254 e. The van der Waals surface area contributed by atoms with Gasteiger partial charge in [-0.1, -0.05) is 23.2 Å². The van der Waals surface area contributed by atoms with E-state index in [0.29, 0.717) is 33.3 Å². The molecular weight excluding hydrogens is 497 g/mol. The molecule has 184 valence electrons. The van der Waals surface area contributed by atoms with Crippen LogP contribution in [0.1, 0.15) is 42.3 Å². The Hall–Kier alpha value is -2.90. The van der Waals surface area contributed by atoms with Crippen LogP contribution in [0.5, 0.6) is 11.6 Å². The molecule has 9 heteroatoms. The number of carbonyl (C=O) groups excluding carboxylic acids is 1. The van der Waals surface area contributed by atoms with Crippen molar-refractivity contribution >= 4 is 29.1 Å². The maximum absolute atomic E-state index is 13.9. The molecule has 35 heavy (non-hydrogen) atoms. The molecule has 0 saturated carbocycles. The molecule has 3 aromatic rings. The van der Waals surface area contributed by atoms with Crippen molar-refractivity contribution in [3.8, 4) is 11.6 Å². The number of pyridine rings is 1. The van der Waals surface area contributed by atoms with Gasteiger partial charge in [0.2, 0.25) is 5.88 Å². The van der Waals surface area contributed by atoms with Crippen LogP contribution in [0.3, 0.4) is 0 Å². The second-order valence-electron chi connectivity index (χ2n) is 9.31. The van der Waals surface area contributed by atoms with Crippen molar-refractivity contribution in [1.82, 2.24) is 9.88 Å². The van der Waals surface area contributed by atoms with Gasteiger partial charge < -0.3 is 14.4 Å². The molecule has 1 atom stereocenters. The number of amides is 1. The Morgan fingerprint density at radius 3 is 2.40 bits per heavy atom. The van der Waals surface area contributed by atoms with Crippen LogP contribution in [0.15, 0.2) is 48.7 Å². The summed E-state index contributed by atoms with van der Waals surface area (Å²) in [6, 6.07) is 9.88. The molecule has 1 amide bonds. The van der Waals surface area contributed by atoms with E-state index in [4.69, 9.17) is 32.7 Å². The van der Waals surface area contributed by atoms with Crippen molar-refractivity contribution in [2.24, 2.45) is 0 Å². The quantitative estimate of drug-likeness (QED) is 0.385. The molecule has 1 aliphatic rings. The first-order valence-electron chi connectivity index (χ1n) is 11.0. The Balaban J connectivity index is 1.57. The van der Waals surface area contributed by atoms with Crippen molar-refractivity contribution < 1.29 is 23.0 Å². The predicted molar refractivity (Wildman–Crippen MR) is 130 cm³/mol. The van der Waals surface area contributed by atoms with E-state index < -0.39 is 17.7 Å². The Morgan fingerprint density at radius 2 is 1.77 bits per heavy atom. The number of hydrogen-bond acceptors (Lipinski definition) is 4. The highest BCUT2D eigenvalue weighted by Crippen LogP contribution is 2.30. The number of nitrogens with zero attached hydrogens (tertiary/aromatic N) is 2. The van der Waals surface area contributed by atoms with Gasteiger partial charge in [-0.05, 0) is 74.7 Å². The lowest BCUT2D eigenvalue weighted by Crippen LogP contribution is -2.47. The summed E-state index contributed by atoms with van der Waals surface area (Å²) in [7, 11) is 0. The summed E-state index contributed by atoms with van der Waals surface area (Å²) in [4.78, 5) is 19.2. The highest BCUT2D eigenvalue weighted by atomic mass is 35.5. The van der Waals surface area contributed by atoms with Gasteiger partial charge in [0.1, 0.15) is 18.0 Å². The summed E-state index contributed by atoms with van der Waals surface area (Å²) >= 11 is 12.1. The summed E-state index contributed by atoms with van der Waals surface area (Å²) in [5.41, 5.74) is 1.13.